The molecule has 0 unspecified atom stereocenters. The van der Waals surface area contributed by atoms with Gasteiger partial charge in [0.2, 0.25) is 5.91 Å². The van der Waals surface area contributed by atoms with Crippen LogP contribution in [-0.2, 0) is 4.79 Å². The number of nitrogens with one attached hydrogen (secondary N) is 1. The monoisotopic (exact) mass is 439 g/mol. The minimum absolute atomic E-state index is 0.0402. The number of amides is 1. The van der Waals surface area contributed by atoms with E-state index < -0.39 is 0 Å². The topological polar surface area (TPSA) is 61.4 Å². The standard InChI is InChI=1S/C24H33N5OS/c1-18-16-19(2)26-24(25-18)31-17-23(30)27-20-8-10-22(11-9-20)29-14-12-28(13-15-29)21-6-4-3-5-7-21/h8-11,16,21H,3-7,12-15,17H2,1-2H3,(H,27,30). The largest absolute Gasteiger partial charge is 0.369 e. The SMILES string of the molecule is Cc1cc(C)nc(SCC(=O)Nc2ccc(N3CCN(C4CCCCC4)CC3)cc2)n1. The van der Waals surface area contributed by atoms with Gasteiger partial charge >= 0.3 is 0 Å². The van der Waals surface area contributed by atoms with Crippen LogP contribution in [0.5, 0.6) is 0 Å². The van der Waals surface area contributed by atoms with Gasteiger partial charge in [-0.2, -0.15) is 0 Å². The van der Waals surface area contributed by atoms with Gasteiger partial charge in [-0.05, 0) is 57.0 Å². The van der Waals surface area contributed by atoms with Crippen molar-refractivity contribution in [3.8, 4) is 0 Å². The van der Waals surface area contributed by atoms with E-state index in [1.165, 1.54) is 49.6 Å². The maximum Gasteiger partial charge on any atom is 0.234 e. The number of thioether (sulfide) groups is 1. The van der Waals surface area contributed by atoms with Gasteiger partial charge in [0.15, 0.2) is 5.16 Å². The first-order valence-electron chi connectivity index (χ1n) is 11.4. The molecule has 6 nitrogen and oxygen atoms in total. The number of rotatable bonds is 6. The van der Waals surface area contributed by atoms with E-state index >= 15 is 0 Å². The number of hydrogen-bond acceptors (Lipinski definition) is 6. The zero-order chi connectivity index (χ0) is 21.6. The lowest BCUT2D eigenvalue weighted by Crippen LogP contribution is -2.50. The highest BCUT2D eigenvalue weighted by Crippen LogP contribution is 2.25. The molecular weight excluding hydrogens is 406 g/mol. The number of aryl methyl sites for hydroxylation is 2. The normalized spacial score (nSPS) is 18.2. The first-order chi connectivity index (χ1) is 15.1. The maximum atomic E-state index is 12.3. The summed E-state index contributed by atoms with van der Waals surface area (Å²) >= 11 is 1.37. The Hall–Kier alpha value is -2.12. The number of benzene rings is 1. The fourth-order valence-electron chi connectivity index (χ4n) is 4.63. The molecule has 0 atom stereocenters. The quantitative estimate of drug-likeness (QED) is 0.536. The highest BCUT2D eigenvalue weighted by atomic mass is 32.2. The molecule has 1 aromatic carbocycles. The fraction of sp³-hybridized carbons (Fsp3) is 0.542. The summed E-state index contributed by atoms with van der Waals surface area (Å²) < 4.78 is 0. The minimum atomic E-state index is -0.0402. The molecule has 1 amide bonds. The summed E-state index contributed by atoms with van der Waals surface area (Å²) in [7, 11) is 0. The number of aromatic nitrogens is 2. The first kappa shape index (κ1) is 22.1. The number of piperazine rings is 1. The van der Waals surface area contributed by atoms with E-state index in [0.29, 0.717) is 10.9 Å². The van der Waals surface area contributed by atoms with Crippen LogP contribution in [0.15, 0.2) is 35.5 Å². The number of anilines is 2. The van der Waals surface area contributed by atoms with E-state index in [-0.39, 0.29) is 5.91 Å². The van der Waals surface area contributed by atoms with Crippen molar-refractivity contribution < 1.29 is 4.79 Å². The van der Waals surface area contributed by atoms with Crippen LogP contribution in [0.1, 0.15) is 43.5 Å². The van der Waals surface area contributed by atoms with Crippen LogP contribution in [-0.4, -0.2) is 58.7 Å². The molecule has 2 fully saturated rings. The minimum Gasteiger partial charge on any atom is -0.369 e. The number of carbonyl (C=O) groups is 1. The molecule has 1 aliphatic carbocycles. The lowest BCUT2D eigenvalue weighted by atomic mass is 9.94. The predicted molar refractivity (Wildman–Crippen MR) is 128 cm³/mol. The summed E-state index contributed by atoms with van der Waals surface area (Å²) in [5, 5.41) is 3.63. The average Bonchev–Trinajstić information content (AvgIpc) is 2.78. The maximum absolute atomic E-state index is 12.3. The molecule has 1 aromatic heterocycles. The summed E-state index contributed by atoms with van der Waals surface area (Å²) in [6, 6.07) is 11.0. The number of carbonyl (C=O) groups excluding carboxylic acids is 1. The number of nitrogens with zero attached hydrogens (tertiary/aromatic N) is 4. The van der Waals surface area contributed by atoms with Crippen molar-refractivity contribution >= 4 is 29.0 Å². The van der Waals surface area contributed by atoms with Gasteiger partial charge in [0.25, 0.3) is 0 Å². The van der Waals surface area contributed by atoms with Crippen molar-refractivity contribution in [2.24, 2.45) is 0 Å². The Morgan fingerprint density at radius 2 is 1.65 bits per heavy atom. The van der Waals surface area contributed by atoms with E-state index in [0.717, 1.165) is 49.3 Å². The molecule has 2 aromatic rings. The Balaban J connectivity index is 1.24. The highest BCUT2D eigenvalue weighted by Gasteiger charge is 2.25. The van der Waals surface area contributed by atoms with E-state index in [2.05, 4.69) is 37.2 Å². The van der Waals surface area contributed by atoms with Crippen molar-refractivity contribution in [2.75, 3.05) is 42.1 Å². The van der Waals surface area contributed by atoms with Crippen molar-refractivity contribution in [3.05, 3.63) is 41.7 Å². The first-order valence-corrected chi connectivity index (χ1v) is 12.4. The van der Waals surface area contributed by atoms with Crippen LogP contribution in [0.2, 0.25) is 0 Å². The second-order valence-electron chi connectivity index (χ2n) is 8.63. The van der Waals surface area contributed by atoms with Crippen LogP contribution < -0.4 is 10.2 Å². The molecule has 0 radical (unpaired) electrons. The van der Waals surface area contributed by atoms with Gasteiger partial charge in [0.1, 0.15) is 0 Å². The highest BCUT2D eigenvalue weighted by molar-refractivity contribution is 7.99. The molecule has 1 saturated carbocycles. The van der Waals surface area contributed by atoms with E-state index in [9.17, 15) is 4.79 Å². The van der Waals surface area contributed by atoms with Gasteiger partial charge in [-0.3, -0.25) is 9.69 Å². The van der Waals surface area contributed by atoms with Crippen molar-refractivity contribution in [1.29, 1.82) is 0 Å². The van der Waals surface area contributed by atoms with Gasteiger partial charge in [-0.15, -0.1) is 0 Å². The van der Waals surface area contributed by atoms with Crippen LogP contribution in [0.25, 0.3) is 0 Å². The van der Waals surface area contributed by atoms with Crippen LogP contribution in [0.4, 0.5) is 11.4 Å². The molecule has 0 spiro atoms. The Bertz CT molecular complexity index is 854. The third kappa shape index (κ3) is 6.20. The Kier molecular flexibility index (Phi) is 7.45. The summed E-state index contributed by atoms with van der Waals surface area (Å²) in [5.74, 6) is 0.259. The van der Waals surface area contributed by atoms with Crippen molar-refractivity contribution in [2.45, 2.75) is 57.1 Å². The lowest BCUT2D eigenvalue weighted by molar-refractivity contribution is -0.113. The summed E-state index contributed by atoms with van der Waals surface area (Å²) in [6.07, 6.45) is 6.96. The second kappa shape index (κ2) is 10.5. The summed E-state index contributed by atoms with van der Waals surface area (Å²) in [5.41, 5.74) is 3.91. The third-order valence-electron chi connectivity index (χ3n) is 6.22. The van der Waals surface area contributed by atoms with Crippen molar-refractivity contribution in [3.63, 3.8) is 0 Å². The lowest BCUT2D eigenvalue weighted by Gasteiger charge is -2.41. The van der Waals surface area contributed by atoms with Gasteiger partial charge in [-0.1, -0.05) is 31.0 Å². The van der Waals surface area contributed by atoms with Crippen LogP contribution in [0, 0.1) is 13.8 Å². The second-order valence-corrected chi connectivity index (χ2v) is 9.57. The van der Waals surface area contributed by atoms with E-state index in [1.807, 2.05) is 32.0 Å². The molecule has 1 N–H and O–H groups in total. The summed E-state index contributed by atoms with van der Waals surface area (Å²) in [6.45, 7) is 8.34. The fourth-order valence-corrected chi connectivity index (χ4v) is 5.38. The molecule has 0 bridgehead atoms. The molecule has 2 aliphatic rings. The molecule has 1 saturated heterocycles. The molecule has 166 valence electrons. The van der Waals surface area contributed by atoms with Crippen LogP contribution >= 0.6 is 11.8 Å². The van der Waals surface area contributed by atoms with Crippen LogP contribution in [0.3, 0.4) is 0 Å². The van der Waals surface area contributed by atoms with Gasteiger partial charge in [0, 0.05) is 55.0 Å². The predicted octanol–water partition coefficient (Wildman–Crippen LogP) is 4.28. The Labute approximate surface area is 189 Å². The van der Waals surface area contributed by atoms with Crippen molar-refractivity contribution in [1.82, 2.24) is 14.9 Å². The average molecular weight is 440 g/mol. The zero-order valence-electron chi connectivity index (χ0n) is 18.6. The molecule has 2 heterocycles. The van der Waals surface area contributed by atoms with Gasteiger partial charge in [0.05, 0.1) is 5.75 Å². The molecule has 1 aliphatic heterocycles. The van der Waals surface area contributed by atoms with E-state index in [1.54, 1.807) is 0 Å². The van der Waals surface area contributed by atoms with Gasteiger partial charge in [-0.25, -0.2) is 9.97 Å². The summed E-state index contributed by atoms with van der Waals surface area (Å²) in [4.78, 5) is 26.2. The Morgan fingerprint density at radius 1 is 1.00 bits per heavy atom. The molecular formula is C24H33N5OS. The number of hydrogen-bond donors (Lipinski definition) is 1. The third-order valence-corrected chi connectivity index (χ3v) is 7.06. The van der Waals surface area contributed by atoms with E-state index in [4.69, 9.17) is 0 Å². The molecule has 4 rings (SSSR count). The molecule has 31 heavy (non-hydrogen) atoms. The zero-order valence-corrected chi connectivity index (χ0v) is 19.5. The molecule has 7 heteroatoms. The smallest absolute Gasteiger partial charge is 0.234 e. The van der Waals surface area contributed by atoms with Gasteiger partial charge < -0.3 is 10.2 Å². The Morgan fingerprint density at radius 3 is 2.29 bits per heavy atom.